The minimum atomic E-state index is 0.532. The van der Waals surface area contributed by atoms with E-state index in [0.717, 1.165) is 16.7 Å². The monoisotopic (exact) mass is 237 g/mol. The van der Waals surface area contributed by atoms with E-state index >= 15 is 0 Å². The van der Waals surface area contributed by atoms with Crippen LogP contribution in [0.15, 0.2) is 42.5 Å². The first kappa shape index (κ1) is 10.8. The number of aromatic nitrogens is 2. The Morgan fingerprint density at radius 1 is 1.06 bits per heavy atom. The lowest BCUT2D eigenvalue weighted by Crippen LogP contribution is -2.01. The highest BCUT2D eigenvalue weighted by molar-refractivity contribution is 5.83. The summed E-state index contributed by atoms with van der Waals surface area (Å²) in [5, 5.41) is 0. The third-order valence-corrected chi connectivity index (χ3v) is 3.16. The molecule has 0 spiro atoms. The van der Waals surface area contributed by atoms with E-state index in [1.54, 1.807) is 0 Å². The van der Waals surface area contributed by atoms with Crippen LogP contribution in [-0.4, -0.2) is 9.55 Å². The molecular weight excluding hydrogens is 222 g/mol. The van der Waals surface area contributed by atoms with Gasteiger partial charge in [-0.2, -0.15) is 0 Å². The summed E-state index contributed by atoms with van der Waals surface area (Å²) in [6, 6.07) is 14.4. The Morgan fingerprint density at radius 3 is 2.61 bits per heavy atom. The number of aryl methyl sites for hydroxylation is 2. The molecule has 3 aromatic rings. The van der Waals surface area contributed by atoms with Gasteiger partial charge in [0.05, 0.1) is 11.0 Å². The molecule has 3 nitrogen and oxygen atoms in total. The summed E-state index contributed by atoms with van der Waals surface area (Å²) in [6.07, 6.45) is 0. The average molecular weight is 237 g/mol. The van der Waals surface area contributed by atoms with Crippen LogP contribution in [0.5, 0.6) is 0 Å². The first-order chi connectivity index (χ1) is 8.66. The van der Waals surface area contributed by atoms with Gasteiger partial charge in [-0.25, -0.2) is 4.98 Å². The van der Waals surface area contributed by atoms with Crippen molar-refractivity contribution in [3.63, 3.8) is 0 Å². The number of imidazole rings is 1. The highest BCUT2D eigenvalue weighted by Gasteiger charge is 2.11. The van der Waals surface area contributed by atoms with E-state index in [9.17, 15) is 0 Å². The third-order valence-electron chi connectivity index (χ3n) is 3.16. The number of hydrogen-bond acceptors (Lipinski definition) is 2. The van der Waals surface area contributed by atoms with Crippen LogP contribution in [0.2, 0.25) is 0 Å². The Bertz CT molecular complexity index is 726. The van der Waals surface area contributed by atoms with Crippen LogP contribution in [-0.2, 0) is 0 Å². The van der Waals surface area contributed by atoms with Crippen LogP contribution >= 0.6 is 0 Å². The van der Waals surface area contributed by atoms with Crippen molar-refractivity contribution in [3.05, 3.63) is 53.6 Å². The summed E-state index contributed by atoms with van der Waals surface area (Å²) in [4.78, 5) is 4.42. The summed E-state index contributed by atoms with van der Waals surface area (Å²) in [7, 11) is 0. The normalized spacial score (nSPS) is 11.0. The molecule has 0 aliphatic rings. The molecule has 3 rings (SSSR count). The Hall–Kier alpha value is -2.29. The number of nitrogen functional groups attached to an aromatic ring is 1. The van der Waals surface area contributed by atoms with Crippen molar-refractivity contribution in [2.45, 2.75) is 13.8 Å². The topological polar surface area (TPSA) is 43.8 Å². The predicted molar refractivity (Wildman–Crippen MR) is 75.0 cm³/mol. The molecule has 0 bridgehead atoms. The van der Waals surface area contributed by atoms with Gasteiger partial charge in [0.2, 0.25) is 5.95 Å². The molecule has 1 heterocycles. The SMILES string of the molecule is Cc1cccc(-n2c(N)nc3cccc(C)c32)c1. The second-order valence-electron chi connectivity index (χ2n) is 4.59. The van der Waals surface area contributed by atoms with E-state index in [1.807, 2.05) is 22.8 Å². The second kappa shape index (κ2) is 3.88. The van der Waals surface area contributed by atoms with Gasteiger partial charge in [-0.05, 0) is 43.2 Å². The van der Waals surface area contributed by atoms with Crippen LogP contribution in [0.3, 0.4) is 0 Å². The van der Waals surface area contributed by atoms with Gasteiger partial charge < -0.3 is 5.73 Å². The third kappa shape index (κ3) is 1.56. The van der Waals surface area contributed by atoms with Crippen molar-refractivity contribution < 1.29 is 0 Å². The summed E-state index contributed by atoms with van der Waals surface area (Å²) >= 11 is 0. The van der Waals surface area contributed by atoms with Crippen molar-refractivity contribution in [1.82, 2.24) is 9.55 Å². The Balaban J connectivity index is 2.38. The van der Waals surface area contributed by atoms with Crippen LogP contribution in [0.1, 0.15) is 11.1 Å². The van der Waals surface area contributed by atoms with E-state index in [2.05, 4.69) is 43.1 Å². The molecule has 1 aromatic heterocycles. The zero-order valence-electron chi connectivity index (χ0n) is 10.5. The maximum Gasteiger partial charge on any atom is 0.205 e. The van der Waals surface area contributed by atoms with E-state index in [1.165, 1.54) is 11.1 Å². The second-order valence-corrected chi connectivity index (χ2v) is 4.59. The van der Waals surface area contributed by atoms with Crippen molar-refractivity contribution >= 4 is 17.0 Å². The molecule has 2 N–H and O–H groups in total. The molecule has 0 saturated carbocycles. The van der Waals surface area contributed by atoms with Crippen molar-refractivity contribution in [1.29, 1.82) is 0 Å². The van der Waals surface area contributed by atoms with Crippen LogP contribution in [0.4, 0.5) is 5.95 Å². The van der Waals surface area contributed by atoms with E-state index in [4.69, 9.17) is 5.73 Å². The van der Waals surface area contributed by atoms with Crippen molar-refractivity contribution in [2.24, 2.45) is 0 Å². The average Bonchev–Trinajstić information content (AvgIpc) is 2.67. The van der Waals surface area contributed by atoms with Gasteiger partial charge >= 0.3 is 0 Å². The van der Waals surface area contributed by atoms with Crippen LogP contribution < -0.4 is 5.73 Å². The summed E-state index contributed by atoms with van der Waals surface area (Å²) in [5.74, 6) is 0.532. The molecule has 0 unspecified atom stereocenters. The van der Waals surface area contributed by atoms with Crippen molar-refractivity contribution in [2.75, 3.05) is 5.73 Å². The fourth-order valence-corrected chi connectivity index (χ4v) is 2.34. The summed E-state index contributed by atoms with van der Waals surface area (Å²) in [6.45, 7) is 4.15. The molecule has 0 aliphatic heterocycles. The first-order valence-corrected chi connectivity index (χ1v) is 5.97. The van der Waals surface area contributed by atoms with Crippen molar-refractivity contribution in [3.8, 4) is 5.69 Å². The summed E-state index contributed by atoms with van der Waals surface area (Å²) in [5.41, 5.74) is 11.5. The zero-order chi connectivity index (χ0) is 12.7. The molecule has 0 aliphatic carbocycles. The molecule has 0 atom stereocenters. The highest BCUT2D eigenvalue weighted by Crippen LogP contribution is 2.25. The number of anilines is 1. The number of nitrogens with zero attached hydrogens (tertiary/aromatic N) is 2. The maximum absolute atomic E-state index is 6.06. The van der Waals surface area contributed by atoms with Gasteiger partial charge in [-0.1, -0.05) is 24.3 Å². The lowest BCUT2D eigenvalue weighted by Gasteiger charge is -2.08. The van der Waals surface area contributed by atoms with Crippen LogP contribution in [0.25, 0.3) is 16.7 Å². The molecule has 3 heteroatoms. The molecule has 0 fully saturated rings. The number of para-hydroxylation sites is 1. The standard InChI is InChI=1S/C15H15N3/c1-10-5-3-7-12(9-10)18-14-11(2)6-4-8-13(14)17-15(18)16/h3-9H,1-2H3,(H2,16,17). The molecular formula is C15H15N3. The van der Waals surface area contributed by atoms with Gasteiger partial charge in [-0.3, -0.25) is 4.57 Å². The van der Waals surface area contributed by atoms with E-state index in [0.29, 0.717) is 5.95 Å². The minimum absolute atomic E-state index is 0.532. The Labute approximate surface area is 106 Å². The fraction of sp³-hybridized carbons (Fsp3) is 0.133. The molecule has 0 radical (unpaired) electrons. The molecule has 0 amide bonds. The lowest BCUT2D eigenvalue weighted by molar-refractivity contribution is 1.10. The molecule has 0 saturated heterocycles. The van der Waals surface area contributed by atoms with Gasteiger partial charge in [0.15, 0.2) is 0 Å². The van der Waals surface area contributed by atoms with E-state index in [-0.39, 0.29) is 0 Å². The van der Waals surface area contributed by atoms with Gasteiger partial charge in [0, 0.05) is 5.69 Å². The Kier molecular flexibility index (Phi) is 2.33. The fourth-order valence-electron chi connectivity index (χ4n) is 2.34. The highest BCUT2D eigenvalue weighted by atomic mass is 15.2. The number of nitrogens with two attached hydrogens (primary N) is 1. The number of fused-ring (bicyclic) bond motifs is 1. The van der Waals surface area contributed by atoms with E-state index < -0.39 is 0 Å². The quantitative estimate of drug-likeness (QED) is 0.706. The molecule has 2 aromatic carbocycles. The van der Waals surface area contributed by atoms with Gasteiger partial charge in [0.25, 0.3) is 0 Å². The number of benzene rings is 2. The smallest absolute Gasteiger partial charge is 0.205 e. The largest absolute Gasteiger partial charge is 0.369 e. The lowest BCUT2D eigenvalue weighted by atomic mass is 10.2. The Morgan fingerprint density at radius 2 is 1.83 bits per heavy atom. The van der Waals surface area contributed by atoms with Gasteiger partial charge in [-0.15, -0.1) is 0 Å². The first-order valence-electron chi connectivity index (χ1n) is 5.97. The zero-order valence-corrected chi connectivity index (χ0v) is 10.5. The van der Waals surface area contributed by atoms with Gasteiger partial charge in [0.1, 0.15) is 0 Å². The van der Waals surface area contributed by atoms with Crippen LogP contribution in [0, 0.1) is 13.8 Å². The number of hydrogen-bond donors (Lipinski definition) is 1. The summed E-state index contributed by atoms with van der Waals surface area (Å²) < 4.78 is 2.01. The maximum atomic E-state index is 6.06. The molecule has 18 heavy (non-hydrogen) atoms. The number of rotatable bonds is 1. The predicted octanol–water partition coefficient (Wildman–Crippen LogP) is 3.22. The molecule has 90 valence electrons. The minimum Gasteiger partial charge on any atom is -0.369 e.